The Morgan fingerprint density at radius 3 is 2.75 bits per heavy atom. The molecule has 0 spiro atoms. The van der Waals surface area contributed by atoms with Gasteiger partial charge in [-0.3, -0.25) is 0 Å². The van der Waals surface area contributed by atoms with E-state index in [0.717, 1.165) is 48.0 Å². The fourth-order valence-corrected chi connectivity index (χ4v) is 5.40. The molecule has 1 aliphatic rings. The number of aryl methyl sites for hydroxylation is 2. The third-order valence-corrected chi connectivity index (χ3v) is 6.77. The number of halogens is 1. The van der Waals surface area contributed by atoms with Crippen molar-refractivity contribution in [1.29, 1.82) is 0 Å². The quantitative estimate of drug-likeness (QED) is 0.427. The molecule has 4 nitrogen and oxygen atoms in total. The number of hydrogen-bond donors (Lipinski definition) is 0. The summed E-state index contributed by atoms with van der Waals surface area (Å²) in [7, 11) is 2.20. The summed E-state index contributed by atoms with van der Waals surface area (Å²) in [6.45, 7) is 6.12. The van der Waals surface area contributed by atoms with Crippen LogP contribution in [0.1, 0.15) is 22.7 Å². The molecule has 1 aromatic carbocycles. The van der Waals surface area contributed by atoms with Crippen LogP contribution >= 0.6 is 22.9 Å². The normalized spacial score (nSPS) is 15.1. The minimum atomic E-state index is 0.793. The molecule has 0 fully saturated rings. The minimum Gasteiger partial charge on any atom is -0.361 e. The molecule has 0 aliphatic carbocycles. The van der Waals surface area contributed by atoms with E-state index in [1.165, 1.54) is 33.4 Å². The lowest BCUT2D eigenvalue weighted by Crippen LogP contribution is -2.21. The van der Waals surface area contributed by atoms with Gasteiger partial charge in [-0.05, 0) is 51.1 Å². The Morgan fingerprint density at radius 1 is 1.14 bits per heavy atom. The number of nitrogens with zero attached hydrogens (tertiary/aromatic N) is 3. The summed E-state index contributed by atoms with van der Waals surface area (Å²) in [6, 6.07) is 6.28. The molecule has 0 unspecified atom stereocenters. The van der Waals surface area contributed by atoms with Crippen LogP contribution in [0.2, 0.25) is 5.02 Å². The zero-order valence-corrected chi connectivity index (χ0v) is 17.8. The van der Waals surface area contributed by atoms with Gasteiger partial charge in [0.1, 0.15) is 5.76 Å². The van der Waals surface area contributed by atoms with Gasteiger partial charge in [-0.2, -0.15) is 0 Å². The highest BCUT2D eigenvalue weighted by Crippen LogP contribution is 2.40. The molecule has 0 atom stereocenters. The summed E-state index contributed by atoms with van der Waals surface area (Å²) >= 11 is 8.10. The lowest BCUT2D eigenvalue weighted by atomic mass is 10.1. The van der Waals surface area contributed by atoms with Crippen molar-refractivity contribution >= 4 is 33.8 Å². The van der Waals surface area contributed by atoms with Crippen molar-refractivity contribution in [2.24, 2.45) is 0 Å². The Morgan fingerprint density at radius 2 is 1.96 bits per heavy atom. The third kappa shape index (κ3) is 2.72. The zero-order chi connectivity index (χ0) is 19.4. The Kier molecular flexibility index (Phi) is 4.34. The van der Waals surface area contributed by atoms with E-state index in [9.17, 15) is 0 Å². The first-order chi connectivity index (χ1) is 13.5. The molecule has 0 amide bonds. The van der Waals surface area contributed by atoms with Gasteiger partial charge in [0.25, 0.3) is 0 Å². The number of benzene rings is 1. The van der Waals surface area contributed by atoms with E-state index in [-0.39, 0.29) is 0 Å². The molecule has 4 aromatic rings. The van der Waals surface area contributed by atoms with Crippen molar-refractivity contribution in [3.63, 3.8) is 0 Å². The highest BCUT2D eigenvalue weighted by atomic mass is 35.5. The number of hydrogen-bond acceptors (Lipinski definition) is 4. The average Bonchev–Trinajstić information content (AvgIpc) is 3.29. The van der Waals surface area contributed by atoms with Gasteiger partial charge in [-0.15, -0.1) is 11.3 Å². The number of likely N-dealkylation sites (N-methyl/N-ethyl adjacent to an activating group) is 1. The summed E-state index contributed by atoms with van der Waals surface area (Å²) in [5.74, 6) is 0.863. The van der Waals surface area contributed by atoms with Gasteiger partial charge < -0.3 is 14.0 Å². The van der Waals surface area contributed by atoms with Crippen LogP contribution in [0.15, 0.2) is 33.5 Å². The van der Waals surface area contributed by atoms with Crippen LogP contribution in [-0.2, 0) is 12.8 Å². The standard InChI is InChI=1S/C22H22ClN3OS/c1-13-22(14(2)27-24-13)18-11-28-12-21(18)26-19-5-4-15(23)10-17(19)16-6-8-25(3)9-7-20(16)26/h4-5,10-12H,6-9H2,1-3H3. The van der Waals surface area contributed by atoms with E-state index in [0.29, 0.717) is 0 Å². The van der Waals surface area contributed by atoms with E-state index >= 15 is 0 Å². The second kappa shape index (κ2) is 6.76. The van der Waals surface area contributed by atoms with Crippen molar-refractivity contribution in [3.05, 3.63) is 56.7 Å². The van der Waals surface area contributed by atoms with Crippen LogP contribution in [0, 0.1) is 13.8 Å². The second-order valence-corrected chi connectivity index (χ2v) is 8.78. The largest absolute Gasteiger partial charge is 0.361 e. The molecule has 6 heteroatoms. The molecular weight excluding hydrogens is 390 g/mol. The fourth-order valence-electron chi connectivity index (χ4n) is 4.43. The van der Waals surface area contributed by atoms with Crippen molar-refractivity contribution in [2.75, 3.05) is 20.1 Å². The average molecular weight is 412 g/mol. The first kappa shape index (κ1) is 18.0. The molecule has 1 aliphatic heterocycles. The molecule has 5 rings (SSSR count). The van der Waals surface area contributed by atoms with Crippen LogP contribution < -0.4 is 0 Å². The van der Waals surface area contributed by atoms with Gasteiger partial charge in [-0.25, -0.2) is 0 Å². The summed E-state index contributed by atoms with van der Waals surface area (Å²) in [5.41, 5.74) is 8.48. The van der Waals surface area contributed by atoms with Crippen molar-refractivity contribution in [3.8, 4) is 16.8 Å². The summed E-state index contributed by atoms with van der Waals surface area (Å²) in [4.78, 5) is 2.41. The SMILES string of the molecule is Cc1noc(C)c1-c1cscc1-n1c2c(c3cc(Cl)ccc31)CCN(C)CC2. The molecule has 28 heavy (non-hydrogen) atoms. The molecule has 144 valence electrons. The van der Waals surface area contributed by atoms with E-state index in [1.807, 2.05) is 19.9 Å². The fraction of sp³-hybridized carbons (Fsp3) is 0.318. The Labute approximate surface area is 173 Å². The van der Waals surface area contributed by atoms with E-state index < -0.39 is 0 Å². The maximum atomic E-state index is 6.38. The summed E-state index contributed by atoms with van der Waals surface area (Å²) < 4.78 is 7.90. The lowest BCUT2D eigenvalue weighted by molar-refractivity contribution is 0.351. The first-order valence-corrected chi connectivity index (χ1v) is 10.9. The smallest absolute Gasteiger partial charge is 0.141 e. The molecule has 0 bridgehead atoms. The maximum Gasteiger partial charge on any atom is 0.141 e. The van der Waals surface area contributed by atoms with E-state index in [4.69, 9.17) is 16.1 Å². The second-order valence-electron chi connectivity index (χ2n) is 7.60. The molecule has 3 aromatic heterocycles. The van der Waals surface area contributed by atoms with Gasteiger partial charge in [0.05, 0.1) is 22.5 Å². The minimum absolute atomic E-state index is 0.793. The van der Waals surface area contributed by atoms with E-state index in [2.05, 4.69) is 44.6 Å². The molecule has 4 heterocycles. The van der Waals surface area contributed by atoms with Crippen molar-refractivity contribution in [2.45, 2.75) is 26.7 Å². The summed E-state index contributed by atoms with van der Waals surface area (Å²) in [6.07, 6.45) is 2.06. The van der Waals surface area contributed by atoms with Crippen LogP contribution in [0.5, 0.6) is 0 Å². The van der Waals surface area contributed by atoms with Gasteiger partial charge in [0.15, 0.2) is 0 Å². The molecule has 0 radical (unpaired) electrons. The zero-order valence-electron chi connectivity index (χ0n) is 16.3. The Balaban J connectivity index is 1.81. The van der Waals surface area contributed by atoms with Crippen molar-refractivity contribution < 1.29 is 4.52 Å². The molecule has 0 saturated heterocycles. The van der Waals surface area contributed by atoms with Crippen LogP contribution in [-0.4, -0.2) is 34.8 Å². The summed E-state index contributed by atoms with van der Waals surface area (Å²) in [5, 5.41) is 10.7. The van der Waals surface area contributed by atoms with Crippen LogP contribution in [0.3, 0.4) is 0 Å². The predicted octanol–water partition coefficient (Wildman–Crippen LogP) is 5.65. The van der Waals surface area contributed by atoms with E-state index in [1.54, 1.807) is 11.3 Å². The van der Waals surface area contributed by atoms with Gasteiger partial charge >= 0.3 is 0 Å². The van der Waals surface area contributed by atoms with Gasteiger partial charge in [0.2, 0.25) is 0 Å². The van der Waals surface area contributed by atoms with Crippen LogP contribution in [0.25, 0.3) is 27.7 Å². The maximum absolute atomic E-state index is 6.38. The number of fused-ring (bicyclic) bond motifs is 3. The monoisotopic (exact) mass is 411 g/mol. The Bertz CT molecular complexity index is 1170. The first-order valence-electron chi connectivity index (χ1n) is 9.54. The third-order valence-electron chi connectivity index (χ3n) is 5.80. The Hall–Kier alpha value is -2.08. The highest BCUT2D eigenvalue weighted by molar-refractivity contribution is 7.08. The molecule has 0 saturated carbocycles. The predicted molar refractivity (Wildman–Crippen MR) is 116 cm³/mol. The topological polar surface area (TPSA) is 34.2 Å². The van der Waals surface area contributed by atoms with Crippen molar-refractivity contribution in [1.82, 2.24) is 14.6 Å². The molecule has 0 N–H and O–H groups in total. The number of rotatable bonds is 2. The molecular formula is C22H22ClN3OS. The van der Waals surface area contributed by atoms with Crippen LogP contribution in [0.4, 0.5) is 0 Å². The lowest BCUT2D eigenvalue weighted by Gasteiger charge is -2.14. The van der Waals surface area contributed by atoms with Gasteiger partial charge in [0, 0.05) is 51.9 Å². The highest BCUT2D eigenvalue weighted by Gasteiger charge is 2.25. The van der Waals surface area contributed by atoms with Gasteiger partial charge in [-0.1, -0.05) is 16.8 Å². The number of aromatic nitrogens is 2. The number of thiophene rings is 1.